The maximum Gasteiger partial charge on any atom is 0.321 e. The van der Waals surface area contributed by atoms with Crippen molar-refractivity contribution in [1.29, 1.82) is 0 Å². The van der Waals surface area contributed by atoms with E-state index in [1.165, 1.54) is 0 Å². The van der Waals surface area contributed by atoms with Gasteiger partial charge in [-0.2, -0.15) is 0 Å². The van der Waals surface area contributed by atoms with E-state index in [0.717, 1.165) is 30.6 Å². The lowest BCUT2D eigenvalue weighted by molar-refractivity contribution is 0.297. The molecule has 0 atom stereocenters. The van der Waals surface area contributed by atoms with E-state index in [0.29, 0.717) is 18.2 Å². The minimum Gasteiger partial charge on any atom is -0.424 e. The lowest BCUT2D eigenvalue weighted by atomic mass is 10.1. The summed E-state index contributed by atoms with van der Waals surface area (Å²) in [6.45, 7) is 3.95. The van der Waals surface area contributed by atoms with E-state index < -0.39 is 0 Å². The number of aliphatic hydroxyl groups is 1. The van der Waals surface area contributed by atoms with Crippen molar-refractivity contribution in [2.24, 2.45) is 0 Å². The minimum atomic E-state index is 0.0866. The van der Waals surface area contributed by atoms with Gasteiger partial charge in [-0.1, -0.05) is 25.1 Å². The zero-order valence-electron chi connectivity index (χ0n) is 12.2. The molecule has 112 valence electrons. The molecule has 0 spiro atoms. The van der Waals surface area contributed by atoms with Crippen LogP contribution in [-0.2, 0) is 13.0 Å². The number of hydrogen-bond acceptors (Lipinski definition) is 5. The van der Waals surface area contributed by atoms with Crippen LogP contribution < -0.4 is 10.1 Å². The Kier molecular flexibility index (Phi) is 6.12. The predicted molar refractivity (Wildman–Crippen MR) is 81.3 cm³/mol. The van der Waals surface area contributed by atoms with Gasteiger partial charge >= 0.3 is 6.01 Å². The molecule has 0 aliphatic carbocycles. The molecule has 2 aromatic rings. The van der Waals surface area contributed by atoms with Crippen LogP contribution in [0.4, 0.5) is 0 Å². The lowest BCUT2D eigenvalue weighted by Crippen LogP contribution is -2.14. The SMILES string of the molecule is CCCNCc1cnc(Oc2ccccc2CCO)nc1. The van der Waals surface area contributed by atoms with Crippen molar-refractivity contribution in [3.63, 3.8) is 0 Å². The predicted octanol–water partition coefficient (Wildman–Crippen LogP) is 2.30. The van der Waals surface area contributed by atoms with E-state index in [9.17, 15) is 0 Å². The molecule has 0 fully saturated rings. The van der Waals surface area contributed by atoms with Crippen LogP contribution in [0, 0.1) is 0 Å². The molecule has 0 amide bonds. The molecule has 5 heteroatoms. The highest BCUT2D eigenvalue weighted by Gasteiger charge is 2.06. The van der Waals surface area contributed by atoms with Crippen molar-refractivity contribution < 1.29 is 9.84 Å². The van der Waals surface area contributed by atoms with Crippen molar-refractivity contribution in [1.82, 2.24) is 15.3 Å². The van der Waals surface area contributed by atoms with Gasteiger partial charge in [0, 0.05) is 31.1 Å². The summed E-state index contributed by atoms with van der Waals surface area (Å²) in [6.07, 6.45) is 5.18. The Morgan fingerprint density at radius 1 is 1.19 bits per heavy atom. The summed E-state index contributed by atoms with van der Waals surface area (Å²) in [4.78, 5) is 8.44. The second-order valence-electron chi connectivity index (χ2n) is 4.73. The number of benzene rings is 1. The molecule has 0 radical (unpaired) electrons. The fourth-order valence-corrected chi connectivity index (χ4v) is 1.93. The standard InChI is InChI=1S/C16H21N3O2/c1-2-8-17-10-13-11-18-16(19-12-13)21-15-6-4-3-5-14(15)7-9-20/h3-6,11-12,17,20H,2,7-10H2,1H3. The van der Waals surface area contributed by atoms with Crippen LogP contribution in [-0.4, -0.2) is 28.2 Å². The Morgan fingerprint density at radius 3 is 2.67 bits per heavy atom. The molecule has 1 aromatic heterocycles. The van der Waals surface area contributed by atoms with E-state index in [2.05, 4.69) is 22.2 Å². The third kappa shape index (κ3) is 4.81. The number of rotatable bonds is 8. The first-order chi connectivity index (χ1) is 10.3. The number of hydrogen-bond donors (Lipinski definition) is 2. The van der Waals surface area contributed by atoms with E-state index in [4.69, 9.17) is 9.84 Å². The fraction of sp³-hybridized carbons (Fsp3) is 0.375. The van der Waals surface area contributed by atoms with Crippen molar-refractivity contribution in [3.8, 4) is 11.8 Å². The van der Waals surface area contributed by atoms with Crippen LogP contribution in [0.2, 0.25) is 0 Å². The first-order valence-electron chi connectivity index (χ1n) is 7.21. The minimum absolute atomic E-state index is 0.0866. The molecule has 5 nitrogen and oxygen atoms in total. The molecule has 0 aliphatic rings. The third-order valence-corrected chi connectivity index (χ3v) is 2.99. The highest BCUT2D eigenvalue weighted by molar-refractivity contribution is 5.35. The van der Waals surface area contributed by atoms with E-state index in [-0.39, 0.29) is 6.61 Å². The van der Waals surface area contributed by atoms with Gasteiger partial charge in [0.25, 0.3) is 0 Å². The molecular formula is C16H21N3O2. The first-order valence-corrected chi connectivity index (χ1v) is 7.21. The molecule has 0 saturated heterocycles. The molecular weight excluding hydrogens is 266 g/mol. The number of nitrogens with zero attached hydrogens (tertiary/aromatic N) is 2. The summed E-state index contributed by atoms with van der Waals surface area (Å²) in [6, 6.07) is 7.90. The van der Waals surface area contributed by atoms with Crippen LogP contribution in [0.1, 0.15) is 24.5 Å². The maximum absolute atomic E-state index is 9.06. The van der Waals surface area contributed by atoms with Crippen molar-refractivity contribution in [3.05, 3.63) is 47.8 Å². The summed E-state index contributed by atoms with van der Waals surface area (Å²) in [5.74, 6) is 0.684. The average molecular weight is 287 g/mol. The van der Waals surface area contributed by atoms with Gasteiger partial charge in [0.1, 0.15) is 5.75 Å². The summed E-state index contributed by atoms with van der Waals surface area (Å²) in [7, 11) is 0. The largest absolute Gasteiger partial charge is 0.424 e. The van der Waals surface area contributed by atoms with Gasteiger partial charge in [-0.3, -0.25) is 0 Å². The van der Waals surface area contributed by atoms with Gasteiger partial charge in [-0.25, -0.2) is 9.97 Å². The first kappa shape index (κ1) is 15.4. The average Bonchev–Trinajstić information content (AvgIpc) is 2.51. The molecule has 0 unspecified atom stereocenters. The van der Waals surface area contributed by atoms with E-state index in [1.807, 2.05) is 24.3 Å². The van der Waals surface area contributed by atoms with Gasteiger partial charge < -0.3 is 15.2 Å². The van der Waals surface area contributed by atoms with Crippen LogP contribution in [0.25, 0.3) is 0 Å². The second-order valence-corrected chi connectivity index (χ2v) is 4.73. The van der Waals surface area contributed by atoms with Gasteiger partial charge in [0.15, 0.2) is 0 Å². The van der Waals surface area contributed by atoms with Gasteiger partial charge in [0.05, 0.1) is 0 Å². The van der Waals surface area contributed by atoms with Crippen LogP contribution >= 0.6 is 0 Å². The maximum atomic E-state index is 9.06. The number of para-hydroxylation sites is 1. The zero-order chi connectivity index (χ0) is 14.9. The summed E-state index contributed by atoms with van der Waals surface area (Å²) in [5.41, 5.74) is 1.97. The number of ether oxygens (including phenoxy) is 1. The number of nitrogens with one attached hydrogen (secondary N) is 1. The number of aliphatic hydroxyl groups excluding tert-OH is 1. The number of aromatic nitrogens is 2. The molecule has 1 aromatic carbocycles. The molecule has 0 bridgehead atoms. The molecule has 21 heavy (non-hydrogen) atoms. The van der Waals surface area contributed by atoms with Crippen LogP contribution in [0.5, 0.6) is 11.8 Å². The fourth-order valence-electron chi connectivity index (χ4n) is 1.93. The Labute approximate surface area is 125 Å². The summed E-state index contributed by atoms with van der Waals surface area (Å²) in [5, 5.41) is 12.4. The third-order valence-electron chi connectivity index (χ3n) is 2.99. The van der Waals surface area contributed by atoms with Gasteiger partial charge in [-0.15, -0.1) is 0 Å². The van der Waals surface area contributed by atoms with Crippen LogP contribution in [0.15, 0.2) is 36.7 Å². The zero-order valence-corrected chi connectivity index (χ0v) is 12.2. The normalized spacial score (nSPS) is 10.6. The Balaban J connectivity index is 2.00. The molecule has 1 heterocycles. The molecule has 0 saturated carbocycles. The van der Waals surface area contributed by atoms with Crippen LogP contribution in [0.3, 0.4) is 0 Å². The van der Waals surface area contributed by atoms with Crippen molar-refractivity contribution in [2.75, 3.05) is 13.2 Å². The Morgan fingerprint density at radius 2 is 1.95 bits per heavy atom. The van der Waals surface area contributed by atoms with Gasteiger partial charge in [0.2, 0.25) is 0 Å². The second kappa shape index (κ2) is 8.34. The van der Waals surface area contributed by atoms with Gasteiger partial charge in [-0.05, 0) is 31.0 Å². The molecule has 0 aliphatic heterocycles. The van der Waals surface area contributed by atoms with E-state index >= 15 is 0 Å². The summed E-state index contributed by atoms with van der Waals surface area (Å²) >= 11 is 0. The monoisotopic (exact) mass is 287 g/mol. The highest BCUT2D eigenvalue weighted by Crippen LogP contribution is 2.22. The van der Waals surface area contributed by atoms with Crippen molar-refractivity contribution >= 4 is 0 Å². The lowest BCUT2D eigenvalue weighted by Gasteiger charge is -2.09. The highest BCUT2D eigenvalue weighted by atomic mass is 16.5. The topological polar surface area (TPSA) is 67.3 Å². The van der Waals surface area contributed by atoms with E-state index in [1.54, 1.807) is 12.4 Å². The smallest absolute Gasteiger partial charge is 0.321 e. The molecule has 2 rings (SSSR count). The Bertz CT molecular complexity index is 543. The van der Waals surface area contributed by atoms with Crippen molar-refractivity contribution in [2.45, 2.75) is 26.3 Å². The Hall–Kier alpha value is -1.98. The summed E-state index contributed by atoms with van der Waals surface area (Å²) < 4.78 is 5.69. The molecule has 2 N–H and O–H groups in total. The quantitative estimate of drug-likeness (QED) is 0.729.